The standard InChI is InChI=1S/C13H18N4S2/c1-3-14-13-15-11(10-4-6-19-12(10)16-13)17-5-7-18-8-9(17)2/h4,6,9H,3,5,7-8H2,1-2H3,(H,14,15,16). The van der Waals surface area contributed by atoms with Gasteiger partial charge in [0, 0.05) is 30.6 Å². The lowest BCUT2D eigenvalue weighted by atomic mass is 10.2. The zero-order valence-corrected chi connectivity index (χ0v) is 12.9. The van der Waals surface area contributed by atoms with Crippen LogP contribution in [-0.4, -0.2) is 40.6 Å². The summed E-state index contributed by atoms with van der Waals surface area (Å²) in [6, 6.07) is 2.67. The van der Waals surface area contributed by atoms with Gasteiger partial charge in [0.2, 0.25) is 5.95 Å². The number of hydrogen-bond donors (Lipinski definition) is 1. The monoisotopic (exact) mass is 294 g/mol. The number of aromatic nitrogens is 2. The molecule has 1 atom stereocenters. The third kappa shape index (κ3) is 2.51. The summed E-state index contributed by atoms with van der Waals surface area (Å²) in [7, 11) is 0. The van der Waals surface area contributed by atoms with E-state index >= 15 is 0 Å². The molecule has 3 heterocycles. The molecule has 0 radical (unpaired) electrons. The van der Waals surface area contributed by atoms with E-state index in [9.17, 15) is 0 Å². The van der Waals surface area contributed by atoms with Gasteiger partial charge < -0.3 is 10.2 Å². The summed E-state index contributed by atoms with van der Waals surface area (Å²) in [5, 5.41) is 6.52. The molecule has 0 bridgehead atoms. The van der Waals surface area contributed by atoms with Gasteiger partial charge >= 0.3 is 0 Å². The molecule has 2 aromatic heterocycles. The second-order valence-electron chi connectivity index (χ2n) is 4.66. The maximum Gasteiger partial charge on any atom is 0.226 e. The van der Waals surface area contributed by atoms with Crippen molar-refractivity contribution in [1.82, 2.24) is 9.97 Å². The molecule has 3 rings (SSSR count). The summed E-state index contributed by atoms with van der Waals surface area (Å²) >= 11 is 3.71. The van der Waals surface area contributed by atoms with Crippen LogP contribution in [0.2, 0.25) is 0 Å². The molecule has 1 saturated heterocycles. The van der Waals surface area contributed by atoms with Gasteiger partial charge in [-0.1, -0.05) is 0 Å². The molecule has 0 amide bonds. The maximum absolute atomic E-state index is 4.74. The van der Waals surface area contributed by atoms with Crippen LogP contribution in [0.25, 0.3) is 10.2 Å². The average Bonchev–Trinajstić information content (AvgIpc) is 2.87. The number of nitrogens with one attached hydrogen (secondary N) is 1. The number of rotatable bonds is 3. The molecule has 1 aliphatic heterocycles. The Labute approximate surface area is 121 Å². The second kappa shape index (κ2) is 5.54. The normalized spacial score (nSPS) is 19.9. The molecule has 1 unspecified atom stereocenters. The molecule has 2 aromatic rings. The van der Waals surface area contributed by atoms with Crippen LogP contribution in [0.3, 0.4) is 0 Å². The minimum Gasteiger partial charge on any atom is -0.354 e. The Kier molecular flexibility index (Phi) is 3.79. The third-order valence-corrected chi connectivity index (χ3v) is 5.28. The van der Waals surface area contributed by atoms with E-state index in [1.54, 1.807) is 11.3 Å². The molecule has 0 saturated carbocycles. The zero-order chi connectivity index (χ0) is 13.2. The highest BCUT2D eigenvalue weighted by molar-refractivity contribution is 7.99. The molecule has 0 aliphatic carbocycles. The van der Waals surface area contributed by atoms with Crippen molar-refractivity contribution in [3.8, 4) is 0 Å². The number of nitrogens with zero attached hydrogens (tertiary/aromatic N) is 3. The van der Waals surface area contributed by atoms with Crippen LogP contribution in [-0.2, 0) is 0 Å². The van der Waals surface area contributed by atoms with Crippen LogP contribution >= 0.6 is 23.1 Å². The number of hydrogen-bond acceptors (Lipinski definition) is 6. The smallest absolute Gasteiger partial charge is 0.226 e. The first-order chi connectivity index (χ1) is 9.29. The fourth-order valence-corrected chi connectivity index (χ4v) is 4.11. The van der Waals surface area contributed by atoms with Crippen molar-refractivity contribution in [2.45, 2.75) is 19.9 Å². The van der Waals surface area contributed by atoms with E-state index in [1.807, 2.05) is 11.8 Å². The highest BCUT2D eigenvalue weighted by Gasteiger charge is 2.23. The van der Waals surface area contributed by atoms with Crippen molar-refractivity contribution in [2.75, 3.05) is 34.8 Å². The maximum atomic E-state index is 4.74. The Morgan fingerprint density at radius 3 is 3.16 bits per heavy atom. The van der Waals surface area contributed by atoms with Crippen molar-refractivity contribution in [2.24, 2.45) is 0 Å². The van der Waals surface area contributed by atoms with E-state index in [4.69, 9.17) is 4.98 Å². The Balaban J connectivity index is 2.06. The van der Waals surface area contributed by atoms with Crippen LogP contribution in [0.5, 0.6) is 0 Å². The van der Waals surface area contributed by atoms with Crippen LogP contribution in [0.1, 0.15) is 13.8 Å². The summed E-state index contributed by atoms with van der Waals surface area (Å²) in [6.07, 6.45) is 0. The lowest BCUT2D eigenvalue weighted by molar-refractivity contribution is 0.692. The summed E-state index contributed by atoms with van der Waals surface area (Å²) in [5.41, 5.74) is 0. The molecule has 1 aliphatic rings. The first-order valence-corrected chi connectivity index (χ1v) is 8.66. The largest absolute Gasteiger partial charge is 0.354 e. The third-order valence-electron chi connectivity index (χ3n) is 3.28. The van der Waals surface area contributed by atoms with E-state index in [0.717, 1.165) is 29.7 Å². The SMILES string of the molecule is CCNc1nc(N2CCSCC2C)c2ccsc2n1. The first kappa shape index (κ1) is 13.0. The van der Waals surface area contributed by atoms with Gasteiger partial charge in [0.05, 0.1) is 5.39 Å². The van der Waals surface area contributed by atoms with Gasteiger partial charge in [-0.3, -0.25) is 0 Å². The highest BCUT2D eigenvalue weighted by atomic mass is 32.2. The minimum atomic E-state index is 0.534. The summed E-state index contributed by atoms with van der Waals surface area (Å²) in [6.45, 7) is 6.27. The average molecular weight is 294 g/mol. The number of anilines is 2. The topological polar surface area (TPSA) is 41.1 Å². The van der Waals surface area contributed by atoms with E-state index in [2.05, 4.69) is 40.5 Å². The molecule has 0 spiro atoms. The van der Waals surface area contributed by atoms with Gasteiger partial charge in [0.25, 0.3) is 0 Å². The molecule has 0 aromatic carbocycles. The minimum absolute atomic E-state index is 0.534. The molecule has 102 valence electrons. The van der Waals surface area contributed by atoms with Crippen LogP contribution < -0.4 is 10.2 Å². The van der Waals surface area contributed by atoms with Crippen molar-refractivity contribution < 1.29 is 0 Å². The fraction of sp³-hybridized carbons (Fsp3) is 0.538. The second-order valence-corrected chi connectivity index (χ2v) is 6.70. The zero-order valence-electron chi connectivity index (χ0n) is 11.2. The Morgan fingerprint density at radius 1 is 1.47 bits per heavy atom. The van der Waals surface area contributed by atoms with Crippen molar-refractivity contribution in [3.05, 3.63) is 11.4 Å². The van der Waals surface area contributed by atoms with Crippen molar-refractivity contribution in [1.29, 1.82) is 0 Å². The Morgan fingerprint density at radius 2 is 2.37 bits per heavy atom. The van der Waals surface area contributed by atoms with Crippen molar-refractivity contribution >= 4 is 45.1 Å². The summed E-state index contributed by atoms with van der Waals surface area (Å²) in [4.78, 5) is 12.8. The molecule has 1 N–H and O–H groups in total. The van der Waals surface area contributed by atoms with E-state index in [-0.39, 0.29) is 0 Å². The quantitative estimate of drug-likeness (QED) is 0.942. The van der Waals surface area contributed by atoms with Gasteiger partial charge in [-0.2, -0.15) is 16.7 Å². The van der Waals surface area contributed by atoms with Gasteiger partial charge in [-0.25, -0.2) is 4.98 Å². The van der Waals surface area contributed by atoms with Gasteiger partial charge in [0.15, 0.2) is 0 Å². The highest BCUT2D eigenvalue weighted by Crippen LogP contribution is 2.32. The van der Waals surface area contributed by atoms with E-state index < -0.39 is 0 Å². The van der Waals surface area contributed by atoms with E-state index in [0.29, 0.717) is 6.04 Å². The molecule has 6 heteroatoms. The van der Waals surface area contributed by atoms with Gasteiger partial charge in [-0.15, -0.1) is 11.3 Å². The molecular formula is C13H18N4S2. The first-order valence-electron chi connectivity index (χ1n) is 6.63. The Hall–Kier alpha value is -1.01. The number of thiophene rings is 1. The predicted molar refractivity (Wildman–Crippen MR) is 85.7 cm³/mol. The van der Waals surface area contributed by atoms with Crippen LogP contribution in [0, 0.1) is 0 Å². The molecule has 19 heavy (non-hydrogen) atoms. The van der Waals surface area contributed by atoms with Crippen LogP contribution in [0.4, 0.5) is 11.8 Å². The summed E-state index contributed by atoms with van der Waals surface area (Å²) in [5.74, 6) is 4.19. The molecular weight excluding hydrogens is 276 g/mol. The lowest BCUT2D eigenvalue weighted by Crippen LogP contribution is -2.41. The summed E-state index contributed by atoms with van der Waals surface area (Å²) < 4.78 is 0. The Bertz CT molecular complexity index is 569. The molecule has 1 fully saturated rings. The molecule has 4 nitrogen and oxygen atoms in total. The van der Waals surface area contributed by atoms with E-state index in [1.165, 1.54) is 16.9 Å². The lowest BCUT2D eigenvalue weighted by Gasteiger charge is -2.34. The van der Waals surface area contributed by atoms with Gasteiger partial charge in [-0.05, 0) is 25.3 Å². The number of thioether (sulfide) groups is 1. The van der Waals surface area contributed by atoms with Crippen molar-refractivity contribution in [3.63, 3.8) is 0 Å². The fourth-order valence-electron chi connectivity index (χ4n) is 2.34. The predicted octanol–water partition coefficient (Wildman–Crippen LogP) is 3.06. The van der Waals surface area contributed by atoms with Crippen LogP contribution in [0.15, 0.2) is 11.4 Å². The van der Waals surface area contributed by atoms with Gasteiger partial charge in [0.1, 0.15) is 10.6 Å². The number of fused-ring (bicyclic) bond motifs is 1.